The molecule has 0 radical (unpaired) electrons. The molecule has 0 aliphatic rings. The van der Waals surface area contributed by atoms with Gasteiger partial charge < -0.3 is 10.5 Å². The van der Waals surface area contributed by atoms with Gasteiger partial charge in [0.25, 0.3) is 0 Å². The van der Waals surface area contributed by atoms with E-state index < -0.39 is 0 Å². The SMILES string of the molecule is Cc1ccc(Oc2cc(N)nc(C(C)(C)C)n2)cc1. The predicted octanol–water partition coefficient (Wildman–Crippen LogP) is 3.46. The molecule has 19 heavy (non-hydrogen) atoms. The molecule has 0 saturated heterocycles. The third kappa shape index (κ3) is 3.44. The Hall–Kier alpha value is -2.10. The summed E-state index contributed by atoms with van der Waals surface area (Å²) < 4.78 is 5.72. The Morgan fingerprint density at radius 1 is 1.05 bits per heavy atom. The van der Waals surface area contributed by atoms with Gasteiger partial charge in [0.15, 0.2) is 0 Å². The summed E-state index contributed by atoms with van der Waals surface area (Å²) in [5.74, 6) is 2.31. The Morgan fingerprint density at radius 2 is 1.68 bits per heavy atom. The number of nitrogens with zero attached hydrogens (tertiary/aromatic N) is 2. The second-order valence-corrected chi connectivity index (χ2v) is 5.62. The molecule has 0 atom stereocenters. The summed E-state index contributed by atoms with van der Waals surface area (Å²) >= 11 is 0. The minimum Gasteiger partial charge on any atom is -0.439 e. The van der Waals surface area contributed by atoms with Crippen LogP contribution in [0.25, 0.3) is 0 Å². The fourth-order valence-electron chi connectivity index (χ4n) is 1.56. The van der Waals surface area contributed by atoms with Gasteiger partial charge in [-0.05, 0) is 19.1 Å². The summed E-state index contributed by atoms with van der Waals surface area (Å²) in [6.45, 7) is 8.15. The van der Waals surface area contributed by atoms with Gasteiger partial charge in [0, 0.05) is 11.5 Å². The molecule has 0 aliphatic carbocycles. The molecule has 0 spiro atoms. The second-order valence-electron chi connectivity index (χ2n) is 5.62. The van der Waals surface area contributed by atoms with Crippen molar-refractivity contribution in [2.75, 3.05) is 5.73 Å². The standard InChI is InChI=1S/C15H19N3O/c1-10-5-7-11(8-6-10)19-13-9-12(16)17-14(18-13)15(2,3)4/h5-9H,1-4H3,(H2,16,17,18). The lowest BCUT2D eigenvalue weighted by Crippen LogP contribution is -2.17. The lowest BCUT2D eigenvalue weighted by Gasteiger charge is -2.17. The third-order valence-electron chi connectivity index (χ3n) is 2.64. The van der Waals surface area contributed by atoms with Crippen LogP contribution < -0.4 is 10.5 Å². The van der Waals surface area contributed by atoms with Crippen LogP contribution in [0.1, 0.15) is 32.2 Å². The molecule has 0 bridgehead atoms. The Balaban J connectivity index is 2.30. The van der Waals surface area contributed by atoms with Crippen molar-refractivity contribution in [1.82, 2.24) is 9.97 Å². The van der Waals surface area contributed by atoms with Crippen molar-refractivity contribution in [3.63, 3.8) is 0 Å². The van der Waals surface area contributed by atoms with Gasteiger partial charge in [-0.15, -0.1) is 0 Å². The molecule has 2 N–H and O–H groups in total. The Kier molecular flexibility index (Phi) is 3.42. The van der Waals surface area contributed by atoms with Crippen LogP contribution in [-0.4, -0.2) is 9.97 Å². The lowest BCUT2D eigenvalue weighted by atomic mass is 9.96. The highest BCUT2D eigenvalue weighted by atomic mass is 16.5. The number of hydrogen-bond donors (Lipinski definition) is 1. The van der Waals surface area contributed by atoms with E-state index in [1.165, 1.54) is 5.56 Å². The topological polar surface area (TPSA) is 61.0 Å². The maximum absolute atomic E-state index is 5.80. The zero-order valence-electron chi connectivity index (χ0n) is 11.8. The van der Waals surface area contributed by atoms with E-state index in [0.717, 1.165) is 5.75 Å². The van der Waals surface area contributed by atoms with Crippen LogP contribution in [0.15, 0.2) is 30.3 Å². The van der Waals surface area contributed by atoms with Crippen molar-refractivity contribution in [2.24, 2.45) is 0 Å². The van der Waals surface area contributed by atoms with Gasteiger partial charge in [-0.25, -0.2) is 4.98 Å². The highest BCUT2D eigenvalue weighted by Crippen LogP contribution is 2.25. The van der Waals surface area contributed by atoms with Crippen molar-refractivity contribution in [3.8, 4) is 11.6 Å². The lowest BCUT2D eigenvalue weighted by molar-refractivity contribution is 0.446. The molecule has 1 aromatic heterocycles. The number of ether oxygens (including phenoxy) is 1. The summed E-state index contributed by atoms with van der Waals surface area (Å²) in [5, 5.41) is 0. The monoisotopic (exact) mass is 257 g/mol. The molecule has 2 rings (SSSR count). The van der Waals surface area contributed by atoms with Crippen molar-refractivity contribution in [2.45, 2.75) is 33.1 Å². The van der Waals surface area contributed by atoms with E-state index in [0.29, 0.717) is 17.5 Å². The van der Waals surface area contributed by atoms with E-state index in [4.69, 9.17) is 10.5 Å². The van der Waals surface area contributed by atoms with E-state index in [9.17, 15) is 0 Å². The first kappa shape index (κ1) is 13.3. The summed E-state index contributed by atoms with van der Waals surface area (Å²) in [5.41, 5.74) is 6.82. The molecule has 0 unspecified atom stereocenters. The molecular weight excluding hydrogens is 238 g/mol. The second kappa shape index (κ2) is 4.88. The van der Waals surface area contributed by atoms with Gasteiger partial charge in [-0.3, -0.25) is 0 Å². The number of hydrogen-bond acceptors (Lipinski definition) is 4. The van der Waals surface area contributed by atoms with E-state index in [1.54, 1.807) is 6.07 Å². The number of benzene rings is 1. The normalized spacial score (nSPS) is 11.4. The first-order valence-corrected chi connectivity index (χ1v) is 6.24. The van der Waals surface area contributed by atoms with Gasteiger partial charge in [-0.2, -0.15) is 4.98 Å². The van der Waals surface area contributed by atoms with E-state index in [-0.39, 0.29) is 5.41 Å². The number of aryl methyl sites for hydroxylation is 1. The van der Waals surface area contributed by atoms with E-state index in [2.05, 4.69) is 9.97 Å². The van der Waals surface area contributed by atoms with Crippen molar-refractivity contribution >= 4 is 5.82 Å². The van der Waals surface area contributed by atoms with Crippen LogP contribution in [0.4, 0.5) is 5.82 Å². The van der Waals surface area contributed by atoms with Crippen LogP contribution in [-0.2, 0) is 5.41 Å². The first-order valence-electron chi connectivity index (χ1n) is 6.24. The molecule has 100 valence electrons. The quantitative estimate of drug-likeness (QED) is 0.895. The minimum absolute atomic E-state index is 0.166. The molecular formula is C15H19N3O. The molecule has 1 heterocycles. The Bertz CT molecular complexity index is 571. The van der Waals surface area contributed by atoms with Crippen LogP contribution in [0, 0.1) is 6.92 Å². The zero-order valence-corrected chi connectivity index (χ0v) is 11.8. The van der Waals surface area contributed by atoms with Crippen molar-refractivity contribution in [1.29, 1.82) is 0 Å². The van der Waals surface area contributed by atoms with Gasteiger partial charge in [0.1, 0.15) is 17.4 Å². The van der Waals surface area contributed by atoms with Crippen molar-refractivity contribution in [3.05, 3.63) is 41.7 Å². The molecule has 0 saturated carbocycles. The summed E-state index contributed by atoms with van der Waals surface area (Å²) in [7, 11) is 0. The summed E-state index contributed by atoms with van der Waals surface area (Å²) in [6, 6.07) is 9.43. The van der Waals surface area contributed by atoms with Crippen LogP contribution in [0.3, 0.4) is 0 Å². The fraction of sp³-hybridized carbons (Fsp3) is 0.333. The predicted molar refractivity (Wildman–Crippen MR) is 76.4 cm³/mol. The van der Waals surface area contributed by atoms with E-state index >= 15 is 0 Å². The van der Waals surface area contributed by atoms with Gasteiger partial charge >= 0.3 is 0 Å². The average molecular weight is 257 g/mol. The van der Waals surface area contributed by atoms with Crippen LogP contribution in [0.5, 0.6) is 11.6 Å². The zero-order chi connectivity index (χ0) is 14.0. The molecule has 4 nitrogen and oxygen atoms in total. The molecule has 0 fully saturated rings. The van der Waals surface area contributed by atoms with E-state index in [1.807, 2.05) is 52.0 Å². The highest BCUT2D eigenvalue weighted by molar-refractivity contribution is 5.37. The largest absolute Gasteiger partial charge is 0.439 e. The smallest absolute Gasteiger partial charge is 0.224 e. The Morgan fingerprint density at radius 3 is 2.26 bits per heavy atom. The molecule has 0 aliphatic heterocycles. The third-order valence-corrected chi connectivity index (χ3v) is 2.64. The molecule has 1 aromatic carbocycles. The van der Waals surface area contributed by atoms with Gasteiger partial charge in [0.2, 0.25) is 5.88 Å². The Labute approximate surface area is 113 Å². The van der Waals surface area contributed by atoms with Gasteiger partial charge in [0.05, 0.1) is 0 Å². The maximum Gasteiger partial charge on any atom is 0.224 e. The number of aromatic nitrogens is 2. The number of rotatable bonds is 2. The average Bonchev–Trinajstić information content (AvgIpc) is 2.30. The number of anilines is 1. The van der Waals surface area contributed by atoms with Crippen molar-refractivity contribution < 1.29 is 4.74 Å². The minimum atomic E-state index is -0.166. The molecule has 4 heteroatoms. The molecule has 2 aromatic rings. The fourth-order valence-corrected chi connectivity index (χ4v) is 1.56. The van der Waals surface area contributed by atoms with Crippen LogP contribution >= 0.6 is 0 Å². The summed E-state index contributed by atoms with van der Waals surface area (Å²) in [6.07, 6.45) is 0. The highest BCUT2D eigenvalue weighted by Gasteiger charge is 2.19. The van der Waals surface area contributed by atoms with Gasteiger partial charge in [-0.1, -0.05) is 38.5 Å². The molecule has 0 amide bonds. The number of nitrogens with two attached hydrogens (primary N) is 1. The first-order chi connectivity index (χ1) is 8.84. The number of nitrogen functional groups attached to an aromatic ring is 1. The summed E-state index contributed by atoms with van der Waals surface area (Å²) in [4.78, 5) is 8.66. The van der Waals surface area contributed by atoms with Crippen LogP contribution in [0.2, 0.25) is 0 Å². The maximum atomic E-state index is 5.80.